The molecule has 1 fully saturated rings. The molecular weight excluding hydrogens is 270 g/mol. The molecule has 1 unspecified atom stereocenters. The van der Waals surface area contributed by atoms with Crippen LogP contribution in [0, 0.1) is 0 Å². The minimum absolute atomic E-state index is 0.00889. The quantitative estimate of drug-likeness (QED) is 0.758. The highest BCUT2D eigenvalue weighted by molar-refractivity contribution is 7.91. The monoisotopic (exact) mass is 287 g/mol. The van der Waals surface area contributed by atoms with Crippen LogP contribution in [0.1, 0.15) is 22.5 Å². The molecule has 0 amide bonds. The van der Waals surface area contributed by atoms with E-state index in [0.717, 1.165) is 0 Å². The lowest BCUT2D eigenvalue weighted by atomic mass is 10.2. The summed E-state index contributed by atoms with van der Waals surface area (Å²) in [6, 6.07) is 1.69. The summed E-state index contributed by atoms with van der Waals surface area (Å²) in [7, 11) is 0.233. The van der Waals surface area contributed by atoms with Crippen molar-refractivity contribution >= 4 is 15.8 Å². The Kier molecular flexibility index (Phi) is 3.96. The summed E-state index contributed by atoms with van der Waals surface area (Å²) >= 11 is 0. The van der Waals surface area contributed by atoms with Gasteiger partial charge in [-0.05, 0) is 19.5 Å². The number of esters is 1. The van der Waals surface area contributed by atoms with Crippen LogP contribution in [0.2, 0.25) is 0 Å². The van der Waals surface area contributed by atoms with Gasteiger partial charge in [-0.3, -0.25) is 4.90 Å². The van der Waals surface area contributed by atoms with Crippen LogP contribution in [0.25, 0.3) is 0 Å². The summed E-state index contributed by atoms with van der Waals surface area (Å²) in [6.07, 6.45) is 2.06. The van der Waals surface area contributed by atoms with E-state index in [1.165, 1.54) is 13.4 Å². The Bertz CT molecular complexity index is 562. The van der Waals surface area contributed by atoms with Gasteiger partial charge in [0.1, 0.15) is 0 Å². The summed E-state index contributed by atoms with van der Waals surface area (Å²) < 4.78 is 32.6. The van der Waals surface area contributed by atoms with E-state index < -0.39 is 15.8 Å². The molecule has 1 saturated heterocycles. The standard InChI is InChI=1S/C12H17NO5S/c1-13(10-4-6-19(15,16)8-10)7-9-3-5-18-11(9)12(14)17-2/h3,5,10H,4,6-8H2,1-2H3. The smallest absolute Gasteiger partial charge is 0.374 e. The first-order valence-electron chi connectivity index (χ1n) is 5.98. The van der Waals surface area contributed by atoms with Crippen LogP contribution < -0.4 is 0 Å². The van der Waals surface area contributed by atoms with E-state index in [9.17, 15) is 13.2 Å². The van der Waals surface area contributed by atoms with Gasteiger partial charge in [-0.2, -0.15) is 0 Å². The maximum atomic E-state index is 11.5. The van der Waals surface area contributed by atoms with Crippen molar-refractivity contribution in [2.24, 2.45) is 0 Å². The lowest BCUT2D eigenvalue weighted by Gasteiger charge is -2.22. The maximum absolute atomic E-state index is 11.5. The molecule has 0 N–H and O–H groups in total. The number of furan rings is 1. The second kappa shape index (κ2) is 5.34. The van der Waals surface area contributed by atoms with Crippen molar-refractivity contribution < 1.29 is 22.4 Å². The molecule has 6 nitrogen and oxygen atoms in total. The number of hydrogen-bond donors (Lipinski definition) is 0. The van der Waals surface area contributed by atoms with Crippen molar-refractivity contribution in [3.63, 3.8) is 0 Å². The number of carbonyl (C=O) groups is 1. The zero-order valence-corrected chi connectivity index (χ0v) is 11.8. The molecule has 0 aromatic carbocycles. The molecule has 0 saturated carbocycles. The number of methoxy groups -OCH3 is 1. The van der Waals surface area contributed by atoms with E-state index >= 15 is 0 Å². The topological polar surface area (TPSA) is 76.8 Å². The van der Waals surface area contributed by atoms with Crippen molar-refractivity contribution in [1.82, 2.24) is 4.90 Å². The van der Waals surface area contributed by atoms with Crippen molar-refractivity contribution in [3.05, 3.63) is 23.7 Å². The summed E-state index contributed by atoms with van der Waals surface area (Å²) in [4.78, 5) is 13.4. The average molecular weight is 287 g/mol. The highest BCUT2D eigenvalue weighted by Crippen LogP contribution is 2.20. The van der Waals surface area contributed by atoms with E-state index in [-0.39, 0.29) is 23.3 Å². The van der Waals surface area contributed by atoms with Crippen molar-refractivity contribution in [3.8, 4) is 0 Å². The van der Waals surface area contributed by atoms with Crippen LogP contribution in [0.5, 0.6) is 0 Å². The van der Waals surface area contributed by atoms with Crippen molar-refractivity contribution in [2.45, 2.75) is 19.0 Å². The van der Waals surface area contributed by atoms with Crippen LogP contribution in [0.15, 0.2) is 16.7 Å². The molecule has 1 aliphatic rings. The van der Waals surface area contributed by atoms with Crippen molar-refractivity contribution in [2.75, 3.05) is 25.7 Å². The zero-order valence-electron chi connectivity index (χ0n) is 11.0. The summed E-state index contributed by atoms with van der Waals surface area (Å²) in [5, 5.41) is 0. The zero-order chi connectivity index (χ0) is 14.0. The SMILES string of the molecule is COC(=O)c1occc1CN(C)C1CCS(=O)(=O)C1. The minimum Gasteiger partial charge on any atom is -0.463 e. The van der Waals surface area contributed by atoms with E-state index in [1.54, 1.807) is 6.07 Å². The number of ether oxygens (including phenoxy) is 1. The third kappa shape index (κ3) is 3.16. The van der Waals surface area contributed by atoms with Crippen molar-refractivity contribution in [1.29, 1.82) is 0 Å². The normalized spacial score (nSPS) is 21.7. The Balaban J connectivity index is 2.06. The molecule has 0 radical (unpaired) electrons. The first-order chi connectivity index (χ1) is 8.93. The van der Waals surface area contributed by atoms with Crippen LogP contribution in [-0.2, 0) is 21.1 Å². The van der Waals surface area contributed by atoms with Gasteiger partial charge >= 0.3 is 5.97 Å². The minimum atomic E-state index is -2.91. The molecule has 2 rings (SSSR count). The van der Waals surface area contributed by atoms with Gasteiger partial charge in [0.25, 0.3) is 0 Å². The molecule has 106 valence electrons. The van der Waals surface area contributed by atoms with Gasteiger partial charge in [-0.1, -0.05) is 0 Å². The molecule has 2 heterocycles. The number of carbonyl (C=O) groups excluding carboxylic acids is 1. The Hall–Kier alpha value is -1.34. The molecule has 7 heteroatoms. The van der Waals surface area contributed by atoms with Crippen LogP contribution in [0.3, 0.4) is 0 Å². The van der Waals surface area contributed by atoms with Gasteiger partial charge in [0.15, 0.2) is 9.84 Å². The molecule has 0 spiro atoms. The van der Waals surface area contributed by atoms with Crippen LogP contribution in [-0.4, -0.2) is 51.0 Å². The van der Waals surface area contributed by atoms with Gasteiger partial charge in [0.2, 0.25) is 5.76 Å². The molecule has 0 aliphatic carbocycles. The van der Waals surface area contributed by atoms with Crippen LogP contribution >= 0.6 is 0 Å². The van der Waals surface area contributed by atoms with E-state index in [2.05, 4.69) is 4.74 Å². The number of sulfone groups is 1. The Labute approximate surface area is 112 Å². The van der Waals surface area contributed by atoms with Gasteiger partial charge < -0.3 is 9.15 Å². The third-order valence-electron chi connectivity index (χ3n) is 3.37. The number of nitrogens with zero attached hydrogens (tertiary/aromatic N) is 1. The van der Waals surface area contributed by atoms with E-state index in [0.29, 0.717) is 18.5 Å². The predicted molar refractivity (Wildman–Crippen MR) is 68.6 cm³/mol. The maximum Gasteiger partial charge on any atom is 0.374 e. The first-order valence-corrected chi connectivity index (χ1v) is 7.80. The fourth-order valence-corrected chi connectivity index (χ4v) is 4.06. The third-order valence-corrected chi connectivity index (χ3v) is 5.12. The van der Waals surface area contributed by atoms with Gasteiger partial charge in [0, 0.05) is 18.2 Å². The first kappa shape index (κ1) is 14.1. The molecule has 1 aliphatic heterocycles. The molecule has 1 aromatic heterocycles. The fraction of sp³-hybridized carbons (Fsp3) is 0.583. The summed E-state index contributed by atoms with van der Waals surface area (Å²) in [6.45, 7) is 0.459. The summed E-state index contributed by atoms with van der Waals surface area (Å²) in [5.74, 6) is 0.0641. The summed E-state index contributed by atoms with van der Waals surface area (Å²) in [5.41, 5.74) is 0.707. The average Bonchev–Trinajstić information content (AvgIpc) is 2.94. The second-order valence-electron chi connectivity index (χ2n) is 4.74. The van der Waals surface area contributed by atoms with Gasteiger partial charge in [0.05, 0.1) is 24.9 Å². The Morgan fingerprint density at radius 3 is 2.89 bits per heavy atom. The number of rotatable bonds is 4. The lowest BCUT2D eigenvalue weighted by Crippen LogP contribution is -2.32. The largest absolute Gasteiger partial charge is 0.463 e. The molecule has 1 atom stereocenters. The van der Waals surface area contributed by atoms with E-state index in [1.807, 2.05) is 11.9 Å². The lowest BCUT2D eigenvalue weighted by molar-refractivity contribution is 0.0561. The van der Waals surface area contributed by atoms with Crippen LogP contribution in [0.4, 0.5) is 0 Å². The fourth-order valence-electron chi connectivity index (χ4n) is 2.25. The van der Waals surface area contributed by atoms with E-state index in [4.69, 9.17) is 4.42 Å². The molecule has 19 heavy (non-hydrogen) atoms. The molecule has 0 bridgehead atoms. The molecular formula is C12H17NO5S. The highest BCUT2D eigenvalue weighted by Gasteiger charge is 2.31. The predicted octanol–water partition coefficient (Wildman–Crippen LogP) is 0.685. The van der Waals surface area contributed by atoms with Gasteiger partial charge in [-0.15, -0.1) is 0 Å². The molecule has 1 aromatic rings. The van der Waals surface area contributed by atoms with Gasteiger partial charge in [-0.25, -0.2) is 13.2 Å². The highest BCUT2D eigenvalue weighted by atomic mass is 32.2. The second-order valence-corrected chi connectivity index (χ2v) is 6.97. The Morgan fingerprint density at radius 2 is 2.32 bits per heavy atom. The number of hydrogen-bond acceptors (Lipinski definition) is 6. The Morgan fingerprint density at radius 1 is 1.58 bits per heavy atom.